The highest BCUT2D eigenvalue weighted by atomic mass is 31.1. The fourth-order valence-electron chi connectivity index (χ4n) is 5.38. The van der Waals surface area contributed by atoms with Crippen molar-refractivity contribution in [3.63, 3.8) is 0 Å². The molecule has 1 atom stereocenters. The molecule has 0 aliphatic rings. The van der Waals surface area contributed by atoms with Crippen molar-refractivity contribution in [1.82, 2.24) is 0 Å². The van der Waals surface area contributed by atoms with Crippen molar-refractivity contribution in [2.75, 3.05) is 6.66 Å². The van der Waals surface area contributed by atoms with Crippen LogP contribution in [0.1, 0.15) is 0 Å². The first-order valence-electron chi connectivity index (χ1n) is 15.8. The summed E-state index contributed by atoms with van der Waals surface area (Å²) in [6.07, 6.45) is 0. The zero-order valence-electron chi connectivity index (χ0n) is 26.9. The minimum Gasteiger partial charge on any atom is -0.106 e. The van der Waals surface area contributed by atoms with Crippen LogP contribution < -0.4 is 26.5 Å². The second-order valence-corrected chi connectivity index (χ2v) is 15.1. The average molecular weight is 643 g/mol. The van der Waals surface area contributed by atoms with Crippen LogP contribution in [0.15, 0.2) is 213 Å². The van der Waals surface area contributed by atoms with E-state index in [0.29, 0.717) is 0 Å². The van der Waals surface area contributed by atoms with E-state index in [2.05, 4.69) is 184 Å². The second kappa shape index (κ2) is 17.7. The lowest BCUT2D eigenvalue weighted by Crippen LogP contribution is -2.24. The largest absolute Gasteiger partial charge is 0.106 e. The molecule has 0 spiro atoms. The van der Waals surface area contributed by atoms with Crippen LogP contribution in [-0.2, 0) is 0 Å². The van der Waals surface area contributed by atoms with E-state index in [0.717, 1.165) is 0 Å². The molecule has 0 amide bonds. The Labute approximate surface area is 283 Å². The fraction of sp³-hybridized carbons (Fsp3) is 0.0222. The Morgan fingerprint density at radius 1 is 0.298 bits per heavy atom. The quantitative estimate of drug-likeness (QED) is 0.120. The van der Waals surface area contributed by atoms with Crippen LogP contribution in [0.25, 0.3) is 22.3 Å². The summed E-state index contributed by atoms with van der Waals surface area (Å²) in [7, 11) is -1.20. The number of hydrogen-bond acceptors (Lipinski definition) is 0. The van der Waals surface area contributed by atoms with Crippen LogP contribution in [0.2, 0.25) is 0 Å². The SMILES string of the molecule is C=C.CP(c1ccccc1)c1cc(-c2cccc(-c3ccccc3)c2)cc(P(c2ccccc2)c2ccccc2)c1.c1ccccc1. The van der Waals surface area contributed by atoms with E-state index in [1.165, 1.54) is 48.8 Å². The number of hydrogen-bond donors (Lipinski definition) is 0. The molecule has 230 valence electrons. The van der Waals surface area contributed by atoms with Gasteiger partial charge in [0.25, 0.3) is 0 Å². The molecular formula is C45H40P2. The summed E-state index contributed by atoms with van der Waals surface area (Å²) in [5.41, 5.74) is 5.03. The molecule has 0 heterocycles. The third-order valence-corrected chi connectivity index (χ3v) is 12.2. The van der Waals surface area contributed by atoms with Crippen LogP contribution in [0, 0.1) is 0 Å². The molecule has 7 aromatic carbocycles. The van der Waals surface area contributed by atoms with Crippen molar-refractivity contribution in [2.24, 2.45) is 0 Å². The molecule has 7 rings (SSSR count). The summed E-state index contributed by atoms with van der Waals surface area (Å²) in [5, 5.41) is 6.95. The van der Waals surface area contributed by atoms with Gasteiger partial charge in [0.15, 0.2) is 0 Å². The molecule has 0 aliphatic heterocycles. The normalized spacial score (nSPS) is 10.9. The average Bonchev–Trinajstić information content (AvgIpc) is 3.18. The van der Waals surface area contributed by atoms with Gasteiger partial charge in [-0.15, -0.1) is 13.2 Å². The summed E-state index contributed by atoms with van der Waals surface area (Å²) < 4.78 is 0. The number of rotatable bonds is 7. The predicted molar refractivity (Wildman–Crippen MR) is 212 cm³/mol. The van der Waals surface area contributed by atoms with Crippen molar-refractivity contribution in [2.45, 2.75) is 0 Å². The summed E-state index contributed by atoms with van der Waals surface area (Å²) >= 11 is 0. The van der Waals surface area contributed by atoms with Gasteiger partial charge >= 0.3 is 0 Å². The van der Waals surface area contributed by atoms with Gasteiger partial charge in [-0.05, 0) is 95.5 Å². The summed E-state index contributed by atoms with van der Waals surface area (Å²) in [6, 6.07) is 72.0. The molecule has 0 saturated carbocycles. The van der Waals surface area contributed by atoms with E-state index in [1.807, 2.05) is 36.4 Å². The Bertz CT molecular complexity index is 1840. The van der Waals surface area contributed by atoms with Crippen molar-refractivity contribution in [3.8, 4) is 22.3 Å². The maximum Gasteiger partial charge on any atom is -0.0134 e. The molecule has 2 heteroatoms. The Morgan fingerprint density at radius 3 is 1.15 bits per heavy atom. The summed E-state index contributed by atoms with van der Waals surface area (Å²) in [6.45, 7) is 8.39. The van der Waals surface area contributed by atoms with E-state index >= 15 is 0 Å². The van der Waals surface area contributed by atoms with E-state index in [1.54, 1.807) is 0 Å². The lowest BCUT2D eigenvalue weighted by atomic mass is 9.99. The molecule has 0 aromatic heterocycles. The van der Waals surface area contributed by atoms with Crippen LogP contribution >= 0.6 is 15.8 Å². The van der Waals surface area contributed by atoms with E-state index in [4.69, 9.17) is 0 Å². The third kappa shape index (κ3) is 9.12. The van der Waals surface area contributed by atoms with Gasteiger partial charge < -0.3 is 0 Å². The highest BCUT2D eigenvalue weighted by Gasteiger charge is 2.20. The molecule has 0 aliphatic carbocycles. The molecule has 0 nitrogen and oxygen atoms in total. The highest BCUT2D eigenvalue weighted by molar-refractivity contribution is 7.80. The molecule has 1 unspecified atom stereocenters. The van der Waals surface area contributed by atoms with Gasteiger partial charge in [0, 0.05) is 0 Å². The van der Waals surface area contributed by atoms with E-state index in [-0.39, 0.29) is 0 Å². The lowest BCUT2D eigenvalue weighted by Gasteiger charge is -2.23. The highest BCUT2D eigenvalue weighted by Crippen LogP contribution is 2.37. The van der Waals surface area contributed by atoms with Crippen molar-refractivity contribution in [3.05, 3.63) is 213 Å². The van der Waals surface area contributed by atoms with E-state index < -0.39 is 15.8 Å². The van der Waals surface area contributed by atoms with Crippen molar-refractivity contribution >= 4 is 42.4 Å². The predicted octanol–water partition coefficient (Wildman–Crippen LogP) is 10.3. The second-order valence-electron chi connectivity index (χ2n) is 10.7. The lowest BCUT2D eigenvalue weighted by molar-refractivity contribution is 1.60. The van der Waals surface area contributed by atoms with Crippen LogP contribution in [-0.4, -0.2) is 6.66 Å². The molecule has 0 N–H and O–H groups in total. The van der Waals surface area contributed by atoms with Gasteiger partial charge in [-0.25, -0.2) is 0 Å². The van der Waals surface area contributed by atoms with Crippen molar-refractivity contribution in [1.29, 1.82) is 0 Å². The first-order valence-corrected chi connectivity index (χ1v) is 18.9. The molecule has 0 bridgehead atoms. The molecule has 0 radical (unpaired) electrons. The minimum atomic E-state index is -0.704. The van der Waals surface area contributed by atoms with Crippen LogP contribution in [0.3, 0.4) is 0 Å². The topological polar surface area (TPSA) is 0 Å². The fourth-order valence-corrected chi connectivity index (χ4v) is 9.44. The Hall–Kier alpha value is -4.86. The number of benzene rings is 7. The molecule has 47 heavy (non-hydrogen) atoms. The standard InChI is InChI=1S/C37H30P2.C6H6.C2H4/c1-38(33-19-8-3-9-20-33)36-26-32(31-18-14-17-30(25-31)29-15-6-2-7-16-29)27-37(28-36)39(34-21-10-4-11-22-34)35-23-12-5-13-24-35;1-2-4-6-5-3-1;1-2/h2-28H,1H3;1-6H;1-2H2. The zero-order chi connectivity index (χ0) is 32.7. The minimum absolute atomic E-state index is 0.497. The third-order valence-electron chi connectivity index (χ3n) is 7.69. The summed E-state index contributed by atoms with van der Waals surface area (Å²) in [4.78, 5) is 0. The van der Waals surface area contributed by atoms with Gasteiger partial charge in [-0.2, -0.15) is 0 Å². The van der Waals surface area contributed by atoms with Gasteiger partial charge in [-0.3, -0.25) is 0 Å². The molecule has 0 saturated heterocycles. The smallest absolute Gasteiger partial charge is 0.0134 e. The molecular weight excluding hydrogens is 602 g/mol. The van der Waals surface area contributed by atoms with E-state index in [9.17, 15) is 0 Å². The van der Waals surface area contributed by atoms with Crippen LogP contribution in [0.5, 0.6) is 0 Å². The van der Waals surface area contributed by atoms with Gasteiger partial charge in [0.1, 0.15) is 0 Å². The Balaban J connectivity index is 0.000000482. The first kappa shape index (κ1) is 33.5. The summed E-state index contributed by atoms with van der Waals surface area (Å²) in [5.74, 6) is 0. The maximum absolute atomic E-state index is 3.00. The van der Waals surface area contributed by atoms with Crippen molar-refractivity contribution < 1.29 is 0 Å². The van der Waals surface area contributed by atoms with Crippen LogP contribution in [0.4, 0.5) is 0 Å². The van der Waals surface area contributed by atoms with Gasteiger partial charge in [-0.1, -0.05) is 176 Å². The first-order chi connectivity index (χ1) is 23.3. The Morgan fingerprint density at radius 2 is 0.660 bits per heavy atom. The molecule has 0 fully saturated rings. The molecule has 7 aromatic rings. The zero-order valence-corrected chi connectivity index (χ0v) is 28.7. The Kier molecular flexibility index (Phi) is 12.6. The monoisotopic (exact) mass is 642 g/mol. The van der Waals surface area contributed by atoms with Gasteiger partial charge in [0.2, 0.25) is 0 Å². The maximum atomic E-state index is 3.00. The van der Waals surface area contributed by atoms with Gasteiger partial charge in [0.05, 0.1) is 0 Å².